The van der Waals surface area contributed by atoms with Crippen molar-refractivity contribution < 1.29 is 22.8 Å². The molecule has 0 atom stereocenters. The number of rotatable bonds is 4. The van der Waals surface area contributed by atoms with Crippen molar-refractivity contribution in [3.05, 3.63) is 29.6 Å². The molecule has 0 aromatic heterocycles. The second kappa shape index (κ2) is 6.81. The van der Waals surface area contributed by atoms with Crippen molar-refractivity contribution in [3.8, 4) is 0 Å². The van der Waals surface area contributed by atoms with E-state index in [4.69, 9.17) is 0 Å². The standard InChI is InChI=1S/C15H19F3N2O2/c1-9(21)20(8-7-19-14(22)15(2,3)4)11-6-5-10(16)12(17)13(11)18/h5-6H,7-8H2,1-4H3,(H,19,22). The van der Waals surface area contributed by atoms with Gasteiger partial charge in [-0.3, -0.25) is 9.59 Å². The van der Waals surface area contributed by atoms with Crippen molar-refractivity contribution >= 4 is 17.5 Å². The predicted octanol–water partition coefficient (Wildman–Crippen LogP) is 2.62. The van der Waals surface area contributed by atoms with Gasteiger partial charge in [-0.05, 0) is 12.1 Å². The first-order valence-electron chi connectivity index (χ1n) is 6.75. The van der Waals surface area contributed by atoms with E-state index < -0.39 is 28.8 Å². The number of nitrogens with zero attached hydrogens (tertiary/aromatic N) is 1. The molecule has 1 N–H and O–H groups in total. The number of nitrogens with one attached hydrogen (secondary N) is 1. The first kappa shape index (κ1) is 18.0. The summed E-state index contributed by atoms with van der Waals surface area (Å²) in [5, 5.41) is 2.60. The molecular formula is C15H19F3N2O2. The van der Waals surface area contributed by atoms with E-state index >= 15 is 0 Å². The summed E-state index contributed by atoms with van der Waals surface area (Å²) in [6, 6.07) is 1.73. The van der Waals surface area contributed by atoms with Gasteiger partial charge in [0.2, 0.25) is 11.8 Å². The number of amides is 2. The third-order valence-corrected chi connectivity index (χ3v) is 2.99. The highest BCUT2D eigenvalue weighted by atomic mass is 19.2. The SMILES string of the molecule is CC(=O)N(CCNC(=O)C(C)(C)C)c1ccc(F)c(F)c1F. The highest BCUT2D eigenvalue weighted by molar-refractivity contribution is 5.91. The first-order chi connectivity index (χ1) is 10.1. The summed E-state index contributed by atoms with van der Waals surface area (Å²) in [7, 11) is 0. The number of carbonyl (C=O) groups excluding carboxylic acids is 2. The second-order valence-electron chi connectivity index (χ2n) is 5.87. The van der Waals surface area contributed by atoms with Crippen LogP contribution < -0.4 is 10.2 Å². The lowest BCUT2D eigenvalue weighted by atomic mass is 9.96. The fourth-order valence-electron chi connectivity index (χ4n) is 1.72. The van der Waals surface area contributed by atoms with Crippen LogP contribution in [0, 0.1) is 22.9 Å². The van der Waals surface area contributed by atoms with Gasteiger partial charge in [0, 0.05) is 25.4 Å². The average molecular weight is 316 g/mol. The minimum Gasteiger partial charge on any atom is -0.354 e. The minimum atomic E-state index is -1.64. The molecule has 0 radical (unpaired) electrons. The predicted molar refractivity (Wildman–Crippen MR) is 76.8 cm³/mol. The Kier molecular flexibility index (Phi) is 5.57. The number of benzene rings is 1. The average Bonchev–Trinajstić information content (AvgIpc) is 2.40. The van der Waals surface area contributed by atoms with Gasteiger partial charge in [0.1, 0.15) is 0 Å². The van der Waals surface area contributed by atoms with Gasteiger partial charge in [-0.2, -0.15) is 0 Å². The lowest BCUT2D eigenvalue weighted by Crippen LogP contribution is -2.41. The van der Waals surface area contributed by atoms with Crippen molar-refractivity contribution in [1.29, 1.82) is 0 Å². The molecule has 22 heavy (non-hydrogen) atoms. The molecule has 0 heterocycles. The molecule has 7 heteroatoms. The minimum absolute atomic E-state index is 0.0564. The van der Waals surface area contributed by atoms with Crippen molar-refractivity contribution in [3.63, 3.8) is 0 Å². The molecule has 0 unspecified atom stereocenters. The summed E-state index contributed by atoms with van der Waals surface area (Å²) in [6.07, 6.45) is 0. The highest BCUT2D eigenvalue weighted by Gasteiger charge is 2.23. The van der Waals surface area contributed by atoms with Crippen LogP contribution in [0.4, 0.5) is 18.9 Å². The molecule has 1 aromatic carbocycles. The van der Waals surface area contributed by atoms with E-state index in [1.807, 2.05) is 0 Å². The van der Waals surface area contributed by atoms with Crippen LogP contribution in [0.2, 0.25) is 0 Å². The second-order valence-corrected chi connectivity index (χ2v) is 5.87. The fraction of sp³-hybridized carbons (Fsp3) is 0.467. The quantitative estimate of drug-likeness (QED) is 0.868. The van der Waals surface area contributed by atoms with E-state index in [1.54, 1.807) is 20.8 Å². The molecule has 0 aliphatic carbocycles. The van der Waals surface area contributed by atoms with Crippen LogP contribution in [-0.2, 0) is 9.59 Å². The number of halogens is 3. The smallest absolute Gasteiger partial charge is 0.225 e. The zero-order chi connectivity index (χ0) is 17.1. The van der Waals surface area contributed by atoms with E-state index in [9.17, 15) is 22.8 Å². The van der Waals surface area contributed by atoms with Gasteiger partial charge in [0.25, 0.3) is 0 Å². The van der Waals surface area contributed by atoms with E-state index in [0.29, 0.717) is 0 Å². The Bertz CT molecular complexity index is 583. The Morgan fingerprint density at radius 1 is 1.14 bits per heavy atom. The van der Waals surface area contributed by atoms with E-state index in [0.717, 1.165) is 17.0 Å². The van der Waals surface area contributed by atoms with E-state index in [2.05, 4.69) is 5.32 Å². The largest absolute Gasteiger partial charge is 0.354 e. The van der Waals surface area contributed by atoms with Crippen LogP contribution in [-0.4, -0.2) is 24.9 Å². The van der Waals surface area contributed by atoms with Crippen LogP contribution in [0.25, 0.3) is 0 Å². The van der Waals surface area contributed by atoms with Gasteiger partial charge in [0.05, 0.1) is 5.69 Å². The van der Waals surface area contributed by atoms with Crippen LogP contribution in [0.15, 0.2) is 12.1 Å². The number of hydrogen-bond donors (Lipinski definition) is 1. The molecule has 122 valence electrons. The summed E-state index contributed by atoms with van der Waals surface area (Å²) in [5.41, 5.74) is -0.967. The maximum atomic E-state index is 13.8. The topological polar surface area (TPSA) is 49.4 Å². The Morgan fingerprint density at radius 3 is 2.23 bits per heavy atom. The summed E-state index contributed by atoms with van der Waals surface area (Å²) >= 11 is 0. The molecule has 0 fully saturated rings. The van der Waals surface area contributed by atoms with Crippen molar-refractivity contribution in [2.75, 3.05) is 18.0 Å². The normalized spacial score (nSPS) is 11.2. The van der Waals surface area contributed by atoms with Gasteiger partial charge in [-0.1, -0.05) is 20.8 Å². The number of carbonyl (C=O) groups is 2. The summed E-state index contributed by atoms with van der Waals surface area (Å²) in [4.78, 5) is 24.3. The number of anilines is 1. The van der Waals surface area contributed by atoms with Crippen molar-refractivity contribution in [2.45, 2.75) is 27.7 Å². The molecule has 0 spiro atoms. The number of hydrogen-bond acceptors (Lipinski definition) is 2. The van der Waals surface area contributed by atoms with E-state index in [-0.39, 0.29) is 24.7 Å². The van der Waals surface area contributed by atoms with Gasteiger partial charge in [-0.15, -0.1) is 0 Å². The first-order valence-corrected chi connectivity index (χ1v) is 6.75. The third kappa shape index (κ3) is 4.22. The van der Waals surface area contributed by atoms with Crippen molar-refractivity contribution in [1.82, 2.24) is 5.32 Å². The maximum Gasteiger partial charge on any atom is 0.225 e. The molecule has 1 rings (SSSR count). The van der Waals surface area contributed by atoms with Gasteiger partial charge in [-0.25, -0.2) is 13.2 Å². The molecule has 2 amide bonds. The fourth-order valence-corrected chi connectivity index (χ4v) is 1.72. The van der Waals surface area contributed by atoms with Gasteiger partial charge in [0.15, 0.2) is 17.5 Å². The molecule has 0 bridgehead atoms. The van der Waals surface area contributed by atoms with Crippen molar-refractivity contribution in [2.24, 2.45) is 5.41 Å². The molecule has 0 aliphatic heterocycles. The third-order valence-electron chi connectivity index (χ3n) is 2.99. The molecule has 0 saturated heterocycles. The Labute approximate surface area is 127 Å². The molecule has 0 saturated carbocycles. The van der Waals surface area contributed by atoms with E-state index in [1.165, 1.54) is 6.92 Å². The monoisotopic (exact) mass is 316 g/mol. The lowest BCUT2D eigenvalue weighted by Gasteiger charge is -2.23. The summed E-state index contributed by atoms with van der Waals surface area (Å²) in [6.45, 7) is 6.35. The zero-order valence-corrected chi connectivity index (χ0v) is 13.0. The lowest BCUT2D eigenvalue weighted by molar-refractivity contribution is -0.128. The Hall–Kier alpha value is -2.05. The molecule has 4 nitrogen and oxygen atoms in total. The van der Waals surface area contributed by atoms with Gasteiger partial charge >= 0.3 is 0 Å². The zero-order valence-electron chi connectivity index (χ0n) is 13.0. The van der Waals surface area contributed by atoms with Crippen LogP contribution in [0.3, 0.4) is 0 Å². The Morgan fingerprint density at radius 2 is 1.73 bits per heavy atom. The maximum absolute atomic E-state index is 13.8. The summed E-state index contributed by atoms with van der Waals surface area (Å²) in [5.74, 6) is -5.18. The highest BCUT2D eigenvalue weighted by Crippen LogP contribution is 2.23. The van der Waals surface area contributed by atoms with Crippen LogP contribution in [0.1, 0.15) is 27.7 Å². The van der Waals surface area contributed by atoms with Crippen LogP contribution >= 0.6 is 0 Å². The molecule has 1 aromatic rings. The van der Waals surface area contributed by atoms with Gasteiger partial charge < -0.3 is 10.2 Å². The molecular weight excluding hydrogens is 297 g/mol. The Balaban J connectivity index is 2.86. The molecule has 0 aliphatic rings. The summed E-state index contributed by atoms with van der Waals surface area (Å²) < 4.78 is 40.0. The van der Waals surface area contributed by atoms with Crippen LogP contribution in [0.5, 0.6) is 0 Å².